The summed E-state index contributed by atoms with van der Waals surface area (Å²) in [7, 11) is -3.62. The quantitative estimate of drug-likeness (QED) is 0.786. The van der Waals surface area contributed by atoms with Gasteiger partial charge in [0.2, 0.25) is 10.0 Å². The molecule has 8 heteroatoms. The Kier molecular flexibility index (Phi) is 5.38. The number of aliphatic carboxylic acids is 2. The number of piperidine rings is 1. The number of carboxylic acids is 2. The molecule has 2 unspecified atom stereocenters. The largest absolute Gasteiger partial charge is 0.481 e. The summed E-state index contributed by atoms with van der Waals surface area (Å²) in [6.07, 6.45) is 0.344. The van der Waals surface area contributed by atoms with Crippen LogP contribution < -0.4 is 0 Å². The van der Waals surface area contributed by atoms with Gasteiger partial charge < -0.3 is 10.2 Å². The van der Waals surface area contributed by atoms with Crippen LogP contribution in [0.1, 0.15) is 12.0 Å². The van der Waals surface area contributed by atoms with Gasteiger partial charge in [-0.1, -0.05) is 30.3 Å². The van der Waals surface area contributed by atoms with Crippen LogP contribution in [0, 0.1) is 11.8 Å². The molecule has 0 aliphatic carbocycles. The monoisotopic (exact) mass is 341 g/mol. The van der Waals surface area contributed by atoms with Crippen molar-refractivity contribution < 1.29 is 28.2 Å². The predicted molar refractivity (Wildman–Crippen MR) is 82.4 cm³/mol. The smallest absolute Gasteiger partial charge is 0.308 e. The van der Waals surface area contributed by atoms with Crippen LogP contribution in [0.2, 0.25) is 0 Å². The first kappa shape index (κ1) is 17.4. The van der Waals surface area contributed by atoms with Gasteiger partial charge in [0.25, 0.3) is 0 Å². The first-order valence-corrected chi connectivity index (χ1v) is 8.89. The molecule has 2 atom stereocenters. The lowest BCUT2D eigenvalue weighted by Gasteiger charge is -2.33. The third kappa shape index (κ3) is 4.29. The van der Waals surface area contributed by atoms with E-state index < -0.39 is 33.8 Å². The van der Waals surface area contributed by atoms with Gasteiger partial charge in [-0.3, -0.25) is 9.59 Å². The van der Waals surface area contributed by atoms with Crippen molar-refractivity contribution in [1.29, 1.82) is 0 Å². The van der Waals surface area contributed by atoms with Gasteiger partial charge in [0.1, 0.15) is 0 Å². The highest BCUT2D eigenvalue weighted by atomic mass is 32.2. The van der Waals surface area contributed by atoms with E-state index in [2.05, 4.69) is 0 Å². The number of aryl methyl sites for hydroxylation is 1. The first-order chi connectivity index (χ1) is 10.8. The molecular weight excluding hydrogens is 322 g/mol. The Morgan fingerprint density at radius 1 is 1.09 bits per heavy atom. The second-order valence-electron chi connectivity index (χ2n) is 5.59. The Morgan fingerprint density at radius 3 is 2.26 bits per heavy atom. The molecule has 1 aliphatic rings. The lowest BCUT2D eigenvalue weighted by atomic mass is 9.86. The van der Waals surface area contributed by atoms with E-state index in [1.165, 1.54) is 0 Å². The van der Waals surface area contributed by atoms with E-state index in [9.17, 15) is 18.0 Å². The number of rotatable bonds is 6. The summed E-state index contributed by atoms with van der Waals surface area (Å²) in [5.41, 5.74) is 0.881. The molecule has 1 saturated heterocycles. The highest BCUT2D eigenvalue weighted by Crippen LogP contribution is 2.26. The molecule has 0 saturated carbocycles. The van der Waals surface area contributed by atoms with Gasteiger partial charge in [0.05, 0.1) is 17.6 Å². The third-order valence-corrected chi connectivity index (χ3v) is 5.93. The molecule has 7 nitrogen and oxygen atoms in total. The molecule has 0 amide bonds. The van der Waals surface area contributed by atoms with E-state index in [-0.39, 0.29) is 25.3 Å². The minimum atomic E-state index is -3.62. The maximum atomic E-state index is 12.4. The number of carboxylic acid groups (broad SMARTS) is 2. The summed E-state index contributed by atoms with van der Waals surface area (Å²) in [6.45, 7) is -0.249. The summed E-state index contributed by atoms with van der Waals surface area (Å²) < 4.78 is 25.9. The Morgan fingerprint density at radius 2 is 1.70 bits per heavy atom. The molecule has 1 aliphatic heterocycles. The Balaban J connectivity index is 2.05. The molecule has 1 aromatic carbocycles. The van der Waals surface area contributed by atoms with Crippen LogP contribution in [0.15, 0.2) is 30.3 Å². The van der Waals surface area contributed by atoms with Crippen molar-refractivity contribution in [3.05, 3.63) is 35.9 Å². The van der Waals surface area contributed by atoms with Gasteiger partial charge in [-0.05, 0) is 18.4 Å². The number of carbonyl (C=O) groups is 2. The van der Waals surface area contributed by atoms with E-state index in [1.54, 1.807) is 0 Å². The van der Waals surface area contributed by atoms with Gasteiger partial charge in [0, 0.05) is 13.1 Å². The van der Waals surface area contributed by atoms with E-state index >= 15 is 0 Å². The van der Waals surface area contributed by atoms with Crippen LogP contribution in [0.5, 0.6) is 0 Å². The molecule has 2 rings (SSSR count). The topological polar surface area (TPSA) is 112 Å². The van der Waals surface area contributed by atoms with Crippen molar-refractivity contribution in [1.82, 2.24) is 4.31 Å². The maximum absolute atomic E-state index is 12.4. The van der Waals surface area contributed by atoms with Gasteiger partial charge in [0.15, 0.2) is 0 Å². The van der Waals surface area contributed by atoms with E-state index in [1.807, 2.05) is 30.3 Å². The van der Waals surface area contributed by atoms with Gasteiger partial charge in [-0.25, -0.2) is 12.7 Å². The van der Waals surface area contributed by atoms with Crippen molar-refractivity contribution in [2.75, 3.05) is 18.8 Å². The van der Waals surface area contributed by atoms with Gasteiger partial charge >= 0.3 is 11.9 Å². The van der Waals surface area contributed by atoms with Crippen LogP contribution in [0.3, 0.4) is 0 Å². The number of benzene rings is 1. The zero-order valence-corrected chi connectivity index (χ0v) is 13.3. The lowest BCUT2D eigenvalue weighted by Crippen LogP contribution is -2.49. The number of sulfonamides is 1. The summed E-state index contributed by atoms with van der Waals surface area (Å²) in [6, 6.07) is 9.13. The minimum absolute atomic E-state index is 0.0108. The zero-order chi connectivity index (χ0) is 17.0. The van der Waals surface area contributed by atoms with E-state index in [0.717, 1.165) is 9.87 Å². The average Bonchev–Trinajstić information content (AvgIpc) is 2.53. The van der Waals surface area contributed by atoms with Crippen LogP contribution in [-0.4, -0.2) is 53.7 Å². The number of nitrogens with zero attached hydrogens (tertiary/aromatic N) is 1. The molecule has 0 radical (unpaired) electrons. The maximum Gasteiger partial charge on any atom is 0.308 e. The highest BCUT2D eigenvalue weighted by molar-refractivity contribution is 7.89. The number of hydrogen-bond acceptors (Lipinski definition) is 4. The number of hydrogen-bond donors (Lipinski definition) is 2. The molecule has 23 heavy (non-hydrogen) atoms. The van der Waals surface area contributed by atoms with Crippen molar-refractivity contribution in [3.63, 3.8) is 0 Å². The summed E-state index contributed by atoms with van der Waals surface area (Å²) >= 11 is 0. The van der Waals surface area contributed by atoms with Crippen molar-refractivity contribution in [2.45, 2.75) is 12.8 Å². The highest BCUT2D eigenvalue weighted by Gasteiger charge is 2.41. The van der Waals surface area contributed by atoms with Crippen LogP contribution in [0.4, 0.5) is 0 Å². The first-order valence-electron chi connectivity index (χ1n) is 7.28. The molecule has 0 bridgehead atoms. The molecule has 0 aromatic heterocycles. The second-order valence-corrected chi connectivity index (χ2v) is 7.68. The van der Waals surface area contributed by atoms with E-state index in [4.69, 9.17) is 10.2 Å². The fourth-order valence-electron chi connectivity index (χ4n) is 2.74. The molecule has 2 N–H and O–H groups in total. The van der Waals surface area contributed by atoms with Crippen molar-refractivity contribution >= 4 is 22.0 Å². The SMILES string of the molecule is O=C(O)C1CCN(S(=O)(=O)CCc2ccccc2)CC1C(=O)O. The van der Waals surface area contributed by atoms with Crippen molar-refractivity contribution in [2.24, 2.45) is 11.8 Å². The van der Waals surface area contributed by atoms with Gasteiger partial charge in [-0.2, -0.15) is 0 Å². The Labute approximate surface area is 134 Å². The molecule has 1 aromatic rings. The lowest BCUT2D eigenvalue weighted by molar-refractivity contribution is -0.156. The fourth-order valence-corrected chi connectivity index (χ4v) is 4.26. The molecule has 126 valence electrons. The van der Waals surface area contributed by atoms with E-state index in [0.29, 0.717) is 6.42 Å². The summed E-state index contributed by atoms with van der Waals surface area (Å²) in [5, 5.41) is 18.2. The van der Waals surface area contributed by atoms with Crippen LogP contribution in [0.25, 0.3) is 0 Å². The normalized spacial score (nSPS) is 22.6. The molecule has 0 spiro atoms. The standard InChI is InChI=1S/C15H19NO6S/c17-14(18)12-6-8-16(10-13(12)15(19)20)23(21,22)9-7-11-4-2-1-3-5-11/h1-5,12-13H,6-10H2,(H,17,18)(H,19,20). The fraction of sp³-hybridized carbons (Fsp3) is 0.467. The van der Waals surface area contributed by atoms with Gasteiger partial charge in [-0.15, -0.1) is 0 Å². The Hall–Kier alpha value is -1.93. The second kappa shape index (κ2) is 7.10. The molecular formula is C15H19NO6S. The van der Waals surface area contributed by atoms with Crippen LogP contribution >= 0.6 is 0 Å². The third-order valence-electron chi connectivity index (χ3n) is 4.09. The van der Waals surface area contributed by atoms with Crippen molar-refractivity contribution in [3.8, 4) is 0 Å². The summed E-state index contributed by atoms with van der Waals surface area (Å²) in [5.74, 6) is -4.86. The van der Waals surface area contributed by atoms with Crippen LogP contribution in [-0.2, 0) is 26.0 Å². The Bertz CT molecular complexity index is 672. The molecule has 1 fully saturated rings. The molecule has 1 heterocycles. The summed E-state index contributed by atoms with van der Waals surface area (Å²) in [4.78, 5) is 22.3. The minimum Gasteiger partial charge on any atom is -0.481 e. The average molecular weight is 341 g/mol. The predicted octanol–water partition coefficient (Wildman–Crippen LogP) is 0.666. The zero-order valence-electron chi connectivity index (χ0n) is 12.5.